The van der Waals surface area contributed by atoms with Crippen LogP contribution < -0.4 is 5.32 Å². The molecule has 0 aromatic carbocycles. The Hall–Kier alpha value is -1.70. The lowest BCUT2D eigenvalue weighted by Crippen LogP contribution is -2.10. The van der Waals surface area contributed by atoms with E-state index in [2.05, 4.69) is 48.7 Å². The number of allylic oxidation sites excluding steroid dienone is 7. The smallest absolute Gasteiger partial charge is 0.125 e. The third kappa shape index (κ3) is 3.66. The SMILES string of the molecule is CCNC1=CC(OC2=CCCC=C2)=CCC=C1.[HH]. The first-order valence-electron chi connectivity index (χ1n) is 6.25. The summed E-state index contributed by atoms with van der Waals surface area (Å²) < 4.78 is 5.87. The maximum Gasteiger partial charge on any atom is 0.125 e. The first kappa shape index (κ1) is 11.8. The highest BCUT2D eigenvalue weighted by molar-refractivity contribution is 5.31. The van der Waals surface area contributed by atoms with E-state index in [9.17, 15) is 0 Å². The van der Waals surface area contributed by atoms with Gasteiger partial charge in [-0.25, -0.2) is 0 Å². The fourth-order valence-electron chi connectivity index (χ4n) is 1.83. The minimum atomic E-state index is 0. The molecule has 17 heavy (non-hydrogen) atoms. The average molecular weight is 231 g/mol. The highest BCUT2D eigenvalue weighted by Gasteiger charge is 2.04. The summed E-state index contributed by atoms with van der Waals surface area (Å²) in [6.07, 6.45) is 17.8. The molecular weight excluding hydrogens is 210 g/mol. The Morgan fingerprint density at radius 3 is 2.88 bits per heavy atom. The second-order valence-electron chi connectivity index (χ2n) is 4.06. The zero-order chi connectivity index (χ0) is 11.9. The van der Waals surface area contributed by atoms with E-state index in [-0.39, 0.29) is 1.43 Å². The minimum Gasteiger partial charge on any atom is -0.458 e. The number of nitrogens with one attached hydrogen (secondary N) is 1. The molecule has 0 amide bonds. The second-order valence-corrected chi connectivity index (χ2v) is 4.06. The molecule has 1 N–H and O–H groups in total. The van der Waals surface area contributed by atoms with Crippen molar-refractivity contribution in [2.24, 2.45) is 0 Å². The van der Waals surface area contributed by atoms with Crippen molar-refractivity contribution in [2.45, 2.75) is 26.2 Å². The molecule has 0 unspecified atom stereocenters. The van der Waals surface area contributed by atoms with Crippen LogP contribution in [0.25, 0.3) is 0 Å². The van der Waals surface area contributed by atoms with Crippen molar-refractivity contribution in [3.63, 3.8) is 0 Å². The molecule has 0 saturated heterocycles. The number of hydrogen-bond donors (Lipinski definition) is 1. The van der Waals surface area contributed by atoms with E-state index in [0.717, 1.165) is 43.0 Å². The largest absolute Gasteiger partial charge is 0.458 e. The van der Waals surface area contributed by atoms with Gasteiger partial charge in [0, 0.05) is 19.7 Å². The number of hydrogen-bond acceptors (Lipinski definition) is 2. The van der Waals surface area contributed by atoms with Crippen LogP contribution in [0.1, 0.15) is 27.6 Å². The Balaban J connectivity index is 0.00000162. The molecule has 0 radical (unpaired) electrons. The van der Waals surface area contributed by atoms with Gasteiger partial charge in [-0.3, -0.25) is 0 Å². The molecule has 2 heteroatoms. The van der Waals surface area contributed by atoms with Crippen LogP contribution in [0.2, 0.25) is 0 Å². The maximum atomic E-state index is 5.87. The van der Waals surface area contributed by atoms with Crippen LogP contribution in [0.5, 0.6) is 0 Å². The Labute approximate surface area is 105 Å². The lowest BCUT2D eigenvalue weighted by Gasteiger charge is -2.11. The average Bonchev–Trinajstić information content (AvgIpc) is 2.56. The van der Waals surface area contributed by atoms with Crippen LogP contribution in [0.15, 0.2) is 59.7 Å². The predicted molar refractivity (Wildman–Crippen MR) is 73.3 cm³/mol. The molecule has 2 nitrogen and oxygen atoms in total. The summed E-state index contributed by atoms with van der Waals surface area (Å²) >= 11 is 0. The Bertz CT molecular complexity index is 416. The molecule has 0 aromatic heterocycles. The van der Waals surface area contributed by atoms with Crippen molar-refractivity contribution >= 4 is 0 Å². The summed E-state index contributed by atoms with van der Waals surface area (Å²) in [7, 11) is 0. The zero-order valence-corrected chi connectivity index (χ0v) is 10.3. The van der Waals surface area contributed by atoms with Crippen molar-refractivity contribution in [1.29, 1.82) is 0 Å². The van der Waals surface area contributed by atoms with Crippen LogP contribution in [0.4, 0.5) is 0 Å². The molecule has 2 aliphatic carbocycles. The summed E-state index contributed by atoms with van der Waals surface area (Å²) in [6.45, 7) is 3.02. The first-order valence-corrected chi connectivity index (χ1v) is 6.25. The van der Waals surface area contributed by atoms with Gasteiger partial charge < -0.3 is 10.1 Å². The quantitative estimate of drug-likeness (QED) is 0.794. The van der Waals surface area contributed by atoms with E-state index in [4.69, 9.17) is 4.74 Å². The maximum absolute atomic E-state index is 5.87. The summed E-state index contributed by atoms with van der Waals surface area (Å²) in [5.41, 5.74) is 1.11. The fraction of sp³-hybridized carbons (Fsp3) is 0.333. The molecule has 0 saturated carbocycles. The normalized spacial score (nSPS) is 19.0. The van der Waals surface area contributed by atoms with Gasteiger partial charge in [-0.2, -0.15) is 0 Å². The number of likely N-dealkylation sites (N-methyl/N-ethyl adjacent to an activating group) is 1. The topological polar surface area (TPSA) is 21.3 Å². The highest BCUT2D eigenvalue weighted by atomic mass is 16.5. The molecule has 2 rings (SSSR count). The van der Waals surface area contributed by atoms with Crippen molar-refractivity contribution in [3.8, 4) is 0 Å². The second kappa shape index (κ2) is 6.14. The molecule has 0 fully saturated rings. The first-order chi connectivity index (χ1) is 8.38. The van der Waals surface area contributed by atoms with Crippen LogP contribution in [-0.4, -0.2) is 6.54 Å². The lowest BCUT2D eigenvalue weighted by atomic mass is 10.2. The monoisotopic (exact) mass is 231 g/mol. The van der Waals surface area contributed by atoms with Gasteiger partial charge in [0.05, 0.1) is 0 Å². The molecule has 0 spiro atoms. The molecular formula is C15H21NO. The summed E-state index contributed by atoms with van der Waals surface area (Å²) in [4.78, 5) is 0. The van der Waals surface area contributed by atoms with E-state index in [1.807, 2.05) is 6.08 Å². The minimum absolute atomic E-state index is 0. The van der Waals surface area contributed by atoms with Crippen LogP contribution in [-0.2, 0) is 4.74 Å². The van der Waals surface area contributed by atoms with Crippen molar-refractivity contribution in [3.05, 3.63) is 59.7 Å². The van der Waals surface area contributed by atoms with Gasteiger partial charge in [-0.15, -0.1) is 0 Å². The fourth-order valence-corrected chi connectivity index (χ4v) is 1.83. The molecule has 0 heterocycles. The van der Waals surface area contributed by atoms with Gasteiger partial charge in [0.15, 0.2) is 0 Å². The Morgan fingerprint density at radius 1 is 1.18 bits per heavy atom. The molecule has 0 bridgehead atoms. The Morgan fingerprint density at radius 2 is 2.12 bits per heavy atom. The van der Waals surface area contributed by atoms with Crippen molar-refractivity contribution in [2.75, 3.05) is 6.54 Å². The van der Waals surface area contributed by atoms with E-state index < -0.39 is 0 Å². The van der Waals surface area contributed by atoms with Gasteiger partial charge in [-0.05, 0) is 50.5 Å². The van der Waals surface area contributed by atoms with Gasteiger partial charge in [-0.1, -0.05) is 12.2 Å². The number of rotatable bonds is 4. The van der Waals surface area contributed by atoms with E-state index in [0.29, 0.717) is 0 Å². The molecule has 0 aromatic rings. The molecule has 92 valence electrons. The van der Waals surface area contributed by atoms with Crippen LogP contribution >= 0.6 is 0 Å². The van der Waals surface area contributed by atoms with Crippen molar-refractivity contribution < 1.29 is 6.16 Å². The van der Waals surface area contributed by atoms with E-state index >= 15 is 0 Å². The molecule has 0 aliphatic heterocycles. The standard InChI is InChI=1S/C15H19NO.H2/c1-2-16-13-8-6-7-11-15(12-13)17-14-9-4-3-5-10-14;/h4,6,8-12,16H,2-3,5,7H2,1H3;1H. The van der Waals surface area contributed by atoms with E-state index in [1.165, 1.54) is 0 Å². The third-order valence-electron chi connectivity index (χ3n) is 2.63. The molecule has 2 aliphatic rings. The van der Waals surface area contributed by atoms with Gasteiger partial charge in [0.2, 0.25) is 0 Å². The predicted octanol–water partition coefficient (Wildman–Crippen LogP) is 3.82. The zero-order valence-electron chi connectivity index (χ0n) is 10.3. The van der Waals surface area contributed by atoms with Gasteiger partial charge >= 0.3 is 0 Å². The van der Waals surface area contributed by atoms with Crippen LogP contribution in [0, 0.1) is 0 Å². The van der Waals surface area contributed by atoms with E-state index in [1.54, 1.807) is 0 Å². The summed E-state index contributed by atoms with van der Waals surface area (Å²) in [6, 6.07) is 0. The van der Waals surface area contributed by atoms with Gasteiger partial charge in [0.1, 0.15) is 11.5 Å². The lowest BCUT2D eigenvalue weighted by molar-refractivity contribution is 0.331. The molecule has 0 atom stereocenters. The van der Waals surface area contributed by atoms with Gasteiger partial charge in [0.25, 0.3) is 0 Å². The summed E-state index contributed by atoms with van der Waals surface area (Å²) in [5, 5.41) is 3.31. The number of ether oxygens (including phenoxy) is 1. The highest BCUT2D eigenvalue weighted by Crippen LogP contribution is 2.18. The third-order valence-corrected chi connectivity index (χ3v) is 2.63. The Kier molecular flexibility index (Phi) is 4.25. The summed E-state index contributed by atoms with van der Waals surface area (Å²) in [5.74, 6) is 1.88. The van der Waals surface area contributed by atoms with Crippen molar-refractivity contribution in [1.82, 2.24) is 5.32 Å². The van der Waals surface area contributed by atoms with Crippen LogP contribution in [0.3, 0.4) is 0 Å².